The van der Waals surface area contributed by atoms with Gasteiger partial charge in [0.25, 0.3) is 0 Å². The highest BCUT2D eigenvalue weighted by molar-refractivity contribution is 5.33. The summed E-state index contributed by atoms with van der Waals surface area (Å²) in [5.41, 5.74) is 0.674. The van der Waals surface area contributed by atoms with Crippen LogP contribution in [0.5, 0.6) is 5.75 Å². The number of phenols is 1. The molecule has 18 heavy (non-hydrogen) atoms. The van der Waals surface area contributed by atoms with Gasteiger partial charge >= 0.3 is 0 Å². The van der Waals surface area contributed by atoms with E-state index in [1.54, 1.807) is 12.1 Å². The van der Waals surface area contributed by atoms with Crippen LogP contribution in [0.15, 0.2) is 18.2 Å². The molecule has 4 heteroatoms. The highest BCUT2D eigenvalue weighted by Gasteiger charge is 2.19. The van der Waals surface area contributed by atoms with E-state index in [0.29, 0.717) is 18.2 Å². The molecule has 0 amide bonds. The first-order chi connectivity index (χ1) is 8.58. The quantitative estimate of drug-likeness (QED) is 0.892. The number of rotatable bonds is 3. The zero-order valence-electron chi connectivity index (χ0n) is 11.1. The summed E-state index contributed by atoms with van der Waals surface area (Å²) < 4.78 is 13.2. The van der Waals surface area contributed by atoms with Crippen molar-refractivity contribution in [3.63, 3.8) is 0 Å². The van der Waals surface area contributed by atoms with Crippen LogP contribution in [0.3, 0.4) is 0 Å². The Balaban J connectivity index is 1.94. The van der Waals surface area contributed by atoms with Crippen molar-refractivity contribution >= 4 is 0 Å². The van der Waals surface area contributed by atoms with E-state index in [1.165, 1.54) is 6.07 Å². The summed E-state index contributed by atoms with van der Waals surface area (Å²) in [6, 6.07) is 5.30. The zero-order chi connectivity index (χ0) is 13.1. The van der Waals surface area contributed by atoms with Gasteiger partial charge in [-0.15, -0.1) is 0 Å². The van der Waals surface area contributed by atoms with E-state index < -0.39 is 5.82 Å². The lowest BCUT2D eigenvalue weighted by Gasteiger charge is -2.37. The molecule has 0 aromatic heterocycles. The van der Waals surface area contributed by atoms with Crippen molar-refractivity contribution in [3.05, 3.63) is 29.6 Å². The summed E-state index contributed by atoms with van der Waals surface area (Å²) in [7, 11) is 0. The Hall–Kier alpha value is -1.13. The second kappa shape index (κ2) is 5.67. The molecule has 0 unspecified atom stereocenters. The second-order valence-electron chi connectivity index (χ2n) is 5.15. The van der Waals surface area contributed by atoms with Crippen molar-refractivity contribution in [1.82, 2.24) is 9.80 Å². The Morgan fingerprint density at radius 2 is 1.89 bits per heavy atom. The fraction of sp³-hybridized carbons (Fsp3) is 0.571. The van der Waals surface area contributed by atoms with E-state index in [2.05, 4.69) is 23.6 Å². The molecule has 0 spiro atoms. The van der Waals surface area contributed by atoms with Crippen LogP contribution in [0.1, 0.15) is 19.4 Å². The van der Waals surface area contributed by atoms with E-state index in [9.17, 15) is 9.50 Å². The maximum Gasteiger partial charge on any atom is 0.165 e. The van der Waals surface area contributed by atoms with Gasteiger partial charge in [0.1, 0.15) is 0 Å². The van der Waals surface area contributed by atoms with Crippen molar-refractivity contribution < 1.29 is 9.50 Å². The average molecular weight is 252 g/mol. The number of aromatic hydroxyl groups is 1. The molecule has 3 nitrogen and oxygen atoms in total. The molecule has 0 aliphatic carbocycles. The number of halogens is 1. The van der Waals surface area contributed by atoms with E-state index in [0.717, 1.165) is 26.2 Å². The Bertz CT molecular complexity index is 401. The van der Waals surface area contributed by atoms with Gasteiger partial charge in [-0.3, -0.25) is 9.80 Å². The third-order valence-electron chi connectivity index (χ3n) is 3.60. The molecular weight excluding hydrogens is 231 g/mol. The first-order valence-corrected chi connectivity index (χ1v) is 6.50. The largest absolute Gasteiger partial charge is 0.505 e. The zero-order valence-corrected chi connectivity index (χ0v) is 11.1. The fourth-order valence-electron chi connectivity index (χ4n) is 2.37. The molecule has 1 saturated heterocycles. The first kappa shape index (κ1) is 13.3. The van der Waals surface area contributed by atoms with Gasteiger partial charge in [0.15, 0.2) is 11.6 Å². The maximum absolute atomic E-state index is 13.2. The van der Waals surface area contributed by atoms with E-state index >= 15 is 0 Å². The topological polar surface area (TPSA) is 26.7 Å². The number of phenolic OH excluding ortho intramolecular Hbond substituents is 1. The fourth-order valence-corrected chi connectivity index (χ4v) is 2.37. The molecule has 0 bridgehead atoms. The normalized spacial score (nSPS) is 18.4. The van der Waals surface area contributed by atoms with Gasteiger partial charge in [0, 0.05) is 44.3 Å². The van der Waals surface area contributed by atoms with E-state index in [4.69, 9.17) is 0 Å². The summed E-state index contributed by atoms with van der Waals surface area (Å²) >= 11 is 0. The third kappa shape index (κ3) is 3.00. The molecule has 1 aromatic rings. The lowest BCUT2D eigenvalue weighted by Crippen LogP contribution is -2.48. The molecule has 1 aliphatic heterocycles. The van der Waals surface area contributed by atoms with Crippen LogP contribution in [0.4, 0.5) is 4.39 Å². The summed E-state index contributed by atoms with van der Waals surface area (Å²) in [6.45, 7) is 9.03. The number of benzene rings is 1. The van der Waals surface area contributed by atoms with Crippen LogP contribution < -0.4 is 0 Å². The van der Waals surface area contributed by atoms with Crippen molar-refractivity contribution in [2.45, 2.75) is 26.4 Å². The molecular formula is C14H21FN2O. The molecule has 2 rings (SSSR count). The summed E-state index contributed by atoms with van der Waals surface area (Å²) in [5, 5.41) is 9.66. The van der Waals surface area contributed by atoms with Crippen LogP contribution in [0, 0.1) is 5.82 Å². The molecule has 1 heterocycles. The Morgan fingerprint density at radius 1 is 1.22 bits per heavy atom. The lowest BCUT2D eigenvalue weighted by molar-refractivity contribution is 0.103. The number of hydrogen-bond donors (Lipinski definition) is 1. The van der Waals surface area contributed by atoms with Gasteiger partial charge in [-0.1, -0.05) is 12.1 Å². The first-order valence-electron chi connectivity index (χ1n) is 6.50. The molecule has 0 radical (unpaired) electrons. The summed E-state index contributed by atoms with van der Waals surface area (Å²) in [6.07, 6.45) is 0. The summed E-state index contributed by atoms with van der Waals surface area (Å²) in [5.74, 6) is -0.739. The lowest BCUT2D eigenvalue weighted by atomic mass is 10.1. The standard InChI is InChI=1S/C14H21FN2O/c1-11(2)17-8-6-16(7-9-17)10-12-4-3-5-13(15)14(12)18/h3-5,11,18H,6-10H2,1-2H3. The number of piperazine rings is 1. The second-order valence-corrected chi connectivity index (χ2v) is 5.15. The van der Waals surface area contributed by atoms with Gasteiger partial charge in [0.05, 0.1) is 0 Å². The Kier molecular flexibility index (Phi) is 4.19. The minimum Gasteiger partial charge on any atom is -0.505 e. The summed E-state index contributed by atoms with van der Waals surface area (Å²) in [4.78, 5) is 4.69. The van der Waals surface area contributed by atoms with Crippen molar-refractivity contribution in [1.29, 1.82) is 0 Å². The highest BCUT2D eigenvalue weighted by Crippen LogP contribution is 2.22. The van der Waals surface area contributed by atoms with Crippen molar-refractivity contribution in [2.75, 3.05) is 26.2 Å². The minimum absolute atomic E-state index is 0.205. The van der Waals surface area contributed by atoms with Crippen LogP contribution in [0.2, 0.25) is 0 Å². The average Bonchev–Trinajstić information content (AvgIpc) is 2.36. The Morgan fingerprint density at radius 3 is 2.50 bits per heavy atom. The van der Waals surface area contributed by atoms with Crippen LogP contribution >= 0.6 is 0 Å². The smallest absolute Gasteiger partial charge is 0.165 e. The predicted molar refractivity (Wildman–Crippen MR) is 70.1 cm³/mol. The van der Waals surface area contributed by atoms with Crippen LogP contribution in [0.25, 0.3) is 0 Å². The highest BCUT2D eigenvalue weighted by atomic mass is 19.1. The molecule has 1 aromatic carbocycles. The van der Waals surface area contributed by atoms with Gasteiger partial charge in [-0.2, -0.15) is 0 Å². The SMILES string of the molecule is CC(C)N1CCN(Cc2cccc(F)c2O)CC1. The van der Waals surface area contributed by atoms with Gasteiger partial charge in [-0.05, 0) is 19.9 Å². The third-order valence-corrected chi connectivity index (χ3v) is 3.60. The van der Waals surface area contributed by atoms with E-state index in [-0.39, 0.29) is 5.75 Å². The Labute approximate surface area is 108 Å². The monoisotopic (exact) mass is 252 g/mol. The van der Waals surface area contributed by atoms with Crippen LogP contribution in [-0.4, -0.2) is 47.1 Å². The molecule has 0 saturated carbocycles. The van der Waals surface area contributed by atoms with Crippen molar-refractivity contribution in [2.24, 2.45) is 0 Å². The van der Waals surface area contributed by atoms with Crippen LogP contribution in [-0.2, 0) is 6.54 Å². The molecule has 1 aliphatic rings. The van der Waals surface area contributed by atoms with E-state index in [1.807, 2.05) is 0 Å². The maximum atomic E-state index is 13.2. The van der Waals surface area contributed by atoms with Crippen molar-refractivity contribution in [3.8, 4) is 5.75 Å². The minimum atomic E-state index is -0.534. The molecule has 0 atom stereocenters. The molecule has 1 N–H and O–H groups in total. The molecule has 100 valence electrons. The number of nitrogens with zero attached hydrogens (tertiary/aromatic N) is 2. The van der Waals surface area contributed by atoms with Gasteiger partial charge in [0.2, 0.25) is 0 Å². The van der Waals surface area contributed by atoms with Gasteiger partial charge in [-0.25, -0.2) is 4.39 Å². The van der Waals surface area contributed by atoms with Gasteiger partial charge < -0.3 is 5.11 Å². The predicted octanol–water partition coefficient (Wildman–Crippen LogP) is 2.06. The number of hydrogen-bond acceptors (Lipinski definition) is 3. The number of para-hydroxylation sites is 1. The molecule has 1 fully saturated rings.